The van der Waals surface area contributed by atoms with Crippen molar-refractivity contribution >= 4 is 34.1 Å². The molecule has 0 aromatic carbocycles. The van der Waals surface area contributed by atoms with Crippen molar-refractivity contribution in [2.24, 2.45) is 0 Å². The second-order valence-corrected chi connectivity index (χ2v) is 3.41. The lowest BCUT2D eigenvalue weighted by molar-refractivity contribution is -0.390. The summed E-state index contributed by atoms with van der Waals surface area (Å²) in [6.45, 7) is 0. The number of halogens is 3. The summed E-state index contributed by atoms with van der Waals surface area (Å²) in [6, 6.07) is 0.930. The smallest absolute Gasteiger partial charge is 0.379 e. The van der Waals surface area contributed by atoms with Gasteiger partial charge >= 0.3 is 12.2 Å². The minimum absolute atomic E-state index is 0.0667. The van der Waals surface area contributed by atoms with Crippen LogP contribution in [0.3, 0.4) is 0 Å². The Morgan fingerprint density at radius 3 is 2.64 bits per heavy atom. The van der Waals surface area contributed by atoms with Gasteiger partial charge in [0.25, 0.3) is 0 Å². The molecular formula is C6H4F2IN3O2. The van der Waals surface area contributed by atoms with Crippen molar-refractivity contribution in [2.75, 3.05) is 5.73 Å². The van der Waals surface area contributed by atoms with Crippen molar-refractivity contribution in [3.8, 4) is 0 Å². The first-order valence-corrected chi connectivity index (χ1v) is 4.39. The fourth-order valence-corrected chi connectivity index (χ4v) is 1.26. The summed E-state index contributed by atoms with van der Waals surface area (Å²) in [4.78, 5) is 12.7. The van der Waals surface area contributed by atoms with Crippen molar-refractivity contribution in [2.45, 2.75) is 6.43 Å². The van der Waals surface area contributed by atoms with E-state index >= 15 is 0 Å². The van der Waals surface area contributed by atoms with E-state index in [2.05, 4.69) is 4.98 Å². The van der Waals surface area contributed by atoms with Crippen LogP contribution in [-0.2, 0) is 0 Å². The molecule has 0 aliphatic carbocycles. The number of aromatic nitrogens is 1. The van der Waals surface area contributed by atoms with E-state index in [1.54, 1.807) is 22.6 Å². The molecule has 0 atom stereocenters. The van der Waals surface area contributed by atoms with Crippen molar-refractivity contribution in [1.82, 2.24) is 4.98 Å². The highest BCUT2D eigenvalue weighted by atomic mass is 127. The lowest BCUT2D eigenvalue weighted by Crippen LogP contribution is -2.03. The molecule has 14 heavy (non-hydrogen) atoms. The molecule has 0 amide bonds. The molecule has 2 N–H and O–H groups in total. The maximum atomic E-state index is 12.2. The molecule has 0 saturated heterocycles. The molecule has 1 rings (SSSR count). The van der Waals surface area contributed by atoms with Gasteiger partial charge in [0.15, 0.2) is 0 Å². The van der Waals surface area contributed by atoms with Gasteiger partial charge in [0.1, 0.15) is 3.57 Å². The predicted octanol–water partition coefficient (Wildman–Crippen LogP) is 2.11. The Labute approximate surface area is 90.6 Å². The van der Waals surface area contributed by atoms with Gasteiger partial charge in [0.05, 0.1) is 5.69 Å². The maximum Gasteiger partial charge on any atom is 0.379 e. The molecule has 0 aliphatic rings. The molecule has 0 saturated carbocycles. The van der Waals surface area contributed by atoms with E-state index in [-0.39, 0.29) is 9.26 Å². The van der Waals surface area contributed by atoms with E-state index in [0.717, 1.165) is 6.07 Å². The van der Waals surface area contributed by atoms with E-state index in [0.29, 0.717) is 0 Å². The number of rotatable bonds is 2. The van der Waals surface area contributed by atoms with Gasteiger partial charge < -0.3 is 15.8 Å². The highest BCUT2D eigenvalue weighted by Gasteiger charge is 2.23. The van der Waals surface area contributed by atoms with Gasteiger partial charge in [0.2, 0.25) is 5.69 Å². The van der Waals surface area contributed by atoms with Crippen LogP contribution in [0.2, 0.25) is 0 Å². The van der Waals surface area contributed by atoms with Crippen LogP contribution < -0.4 is 5.73 Å². The Hall–Kier alpha value is -1.06. The van der Waals surface area contributed by atoms with Gasteiger partial charge in [-0.05, 0) is 32.5 Å². The molecule has 0 fully saturated rings. The van der Waals surface area contributed by atoms with E-state index in [1.807, 2.05) is 0 Å². The van der Waals surface area contributed by atoms with E-state index < -0.39 is 22.9 Å². The number of alkyl halides is 2. The quantitative estimate of drug-likeness (QED) is 0.515. The summed E-state index contributed by atoms with van der Waals surface area (Å²) in [7, 11) is 0. The van der Waals surface area contributed by atoms with Gasteiger partial charge in [-0.2, -0.15) is 0 Å². The molecule has 0 aliphatic heterocycles. The molecule has 0 spiro atoms. The highest BCUT2D eigenvalue weighted by molar-refractivity contribution is 14.1. The molecule has 5 nitrogen and oxygen atoms in total. The van der Waals surface area contributed by atoms with Gasteiger partial charge in [0, 0.05) is 6.07 Å². The van der Waals surface area contributed by atoms with Gasteiger partial charge in [-0.25, -0.2) is 8.78 Å². The molecule has 0 bridgehead atoms. The number of hydrogen-bond acceptors (Lipinski definition) is 4. The summed E-state index contributed by atoms with van der Waals surface area (Å²) >= 11 is 1.59. The molecule has 1 aromatic rings. The third kappa shape index (κ3) is 2.05. The van der Waals surface area contributed by atoms with Crippen LogP contribution in [0, 0.1) is 13.7 Å². The first-order chi connectivity index (χ1) is 6.43. The van der Waals surface area contributed by atoms with E-state index in [4.69, 9.17) is 5.73 Å². The summed E-state index contributed by atoms with van der Waals surface area (Å²) < 4.78 is 24.4. The number of nitrogen functional groups attached to an aromatic ring is 1. The van der Waals surface area contributed by atoms with Gasteiger partial charge in [-0.3, -0.25) is 0 Å². The van der Waals surface area contributed by atoms with Crippen LogP contribution in [0.5, 0.6) is 0 Å². The second-order valence-electron chi connectivity index (χ2n) is 2.33. The zero-order valence-corrected chi connectivity index (χ0v) is 8.73. The van der Waals surface area contributed by atoms with Crippen molar-refractivity contribution in [3.05, 3.63) is 25.4 Å². The summed E-state index contributed by atoms with van der Waals surface area (Å²) in [5.74, 6) is -0.638. The first kappa shape index (κ1) is 11.0. The highest BCUT2D eigenvalue weighted by Crippen LogP contribution is 2.28. The Balaban J connectivity index is 3.35. The number of anilines is 1. The zero-order chi connectivity index (χ0) is 10.9. The van der Waals surface area contributed by atoms with Crippen molar-refractivity contribution in [1.29, 1.82) is 0 Å². The summed E-state index contributed by atoms with van der Waals surface area (Å²) in [5, 5.41) is 10.4. The fourth-order valence-electron chi connectivity index (χ4n) is 0.788. The molecule has 8 heteroatoms. The summed E-state index contributed by atoms with van der Waals surface area (Å²) in [6.07, 6.45) is -2.87. The van der Waals surface area contributed by atoms with Crippen molar-refractivity contribution < 1.29 is 13.7 Å². The Morgan fingerprint density at radius 2 is 2.21 bits per heavy atom. The average Bonchev–Trinajstić information content (AvgIpc) is 2.08. The Morgan fingerprint density at radius 1 is 1.64 bits per heavy atom. The average molecular weight is 315 g/mol. The van der Waals surface area contributed by atoms with Crippen molar-refractivity contribution in [3.63, 3.8) is 0 Å². The second kappa shape index (κ2) is 3.98. The number of pyridine rings is 1. The topological polar surface area (TPSA) is 82.0 Å². The standard InChI is InChI=1S/C6H4F2IN3O2/c7-5(8)3-1-2(10)4(9)6(11-3)12(13)14/h1,5H,(H2,10,11). The third-order valence-corrected chi connectivity index (χ3v) is 2.49. The molecule has 0 unspecified atom stereocenters. The molecule has 1 heterocycles. The van der Waals surface area contributed by atoms with Crippen LogP contribution in [0.4, 0.5) is 20.3 Å². The fraction of sp³-hybridized carbons (Fsp3) is 0.167. The minimum Gasteiger partial charge on any atom is -0.397 e. The Kier molecular flexibility index (Phi) is 3.13. The number of nitrogens with zero attached hydrogens (tertiary/aromatic N) is 2. The van der Waals surface area contributed by atoms with Crippen LogP contribution in [0.15, 0.2) is 6.07 Å². The lowest BCUT2D eigenvalue weighted by Gasteiger charge is -2.01. The number of hydrogen-bond donors (Lipinski definition) is 1. The zero-order valence-electron chi connectivity index (χ0n) is 6.58. The van der Waals surface area contributed by atoms with Crippen LogP contribution in [-0.4, -0.2) is 9.91 Å². The minimum atomic E-state index is -2.87. The lowest BCUT2D eigenvalue weighted by atomic mass is 10.3. The predicted molar refractivity (Wildman–Crippen MR) is 53.0 cm³/mol. The largest absolute Gasteiger partial charge is 0.397 e. The number of nitro groups is 1. The monoisotopic (exact) mass is 315 g/mol. The molecule has 76 valence electrons. The molecular weight excluding hydrogens is 311 g/mol. The van der Waals surface area contributed by atoms with Crippen LogP contribution in [0.1, 0.15) is 12.1 Å². The molecule has 1 aromatic heterocycles. The van der Waals surface area contributed by atoms with E-state index in [9.17, 15) is 18.9 Å². The normalized spacial score (nSPS) is 10.6. The molecule has 0 radical (unpaired) electrons. The SMILES string of the molecule is Nc1cc(C(F)F)nc([N+](=O)[O-])c1I. The Bertz CT molecular complexity index is 386. The third-order valence-electron chi connectivity index (χ3n) is 1.38. The van der Waals surface area contributed by atoms with Crippen LogP contribution in [0.25, 0.3) is 0 Å². The van der Waals surface area contributed by atoms with Gasteiger partial charge in [-0.15, -0.1) is 0 Å². The number of nitrogens with two attached hydrogens (primary N) is 1. The van der Waals surface area contributed by atoms with Gasteiger partial charge in [-0.1, -0.05) is 0 Å². The van der Waals surface area contributed by atoms with Crippen LogP contribution >= 0.6 is 22.6 Å². The summed E-state index contributed by atoms with van der Waals surface area (Å²) in [5.41, 5.74) is 4.56. The maximum absolute atomic E-state index is 12.2. The van der Waals surface area contributed by atoms with E-state index in [1.165, 1.54) is 0 Å². The first-order valence-electron chi connectivity index (χ1n) is 3.32.